The highest BCUT2D eigenvalue weighted by Crippen LogP contribution is 2.25. The molecule has 1 saturated carbocycles. The van der Waals surface area contributed by atoms with Crippen LogP contribution in [0.5, 0.6) is 5.75 Å². The molecule has 2 aromatic carbocycles. The Hall–Kier alpha value is -2.33. The zero-order valence-electron chi connectivity index (χ0n) is 13.8. The molecule has 2 aromatic rings. The summed E-state index contributed by atoms with van der Waals surface area (Å²) in [5.74, 6) is 0.678. The van der Waals surface area contributed by atoms with Gasteiger partial charge < -0.3 is 15.8 Å². The summed E-state index contributed by atoms with van der Waals surface area (Å²) in [6.45, 7) is 0. The number of carbonyl (C=O) groups excluding carboxylic acids is 1. The number of hydrogen-bond acceptors (Lipinski definition) is 3. The molecule has 24 heavy (non-hydrogen) atoms. The van der Waals surface area contributed by atoms with E-state index in [2.05, 4.69) is 5.32 Å². The van der Waals surface area contributed by atoms with E-state index in [9.17, 15) is 4.79 Å². The predicted molar refractivity (Wildman–Crippen MR) is 96.1 cm³/mol. The largest absolute Gasteiger partial charge is 0.490 e. The molecule has 1 amide bonds. The number of anilines is 1. The van der Waals surface area contributed by atoms with Crippen LogP contribution in [0.1, 0.15) is 31.2 Å². The number of rotatable bonds is 6. The first kappa shape index (κ1) is 16.5. The van der Waals surface area contributed by atoms with Gasteiger partial charge >= 0.3 is 0 Å². The van der Waals surface area contributed by atoms with Crippen LogP contribution in [0.15, 0.2) is 54.6 Å². The lowest BCUT2D eigenvalue weighted by Crippen LogP contribution is -2.37. The van der Waals surface area contributed by atoms with Gasteiger partial charge in [0, 0.05) is 5.69 Å². The Kier molecular flexibility index (Phi) is 5.49. The van der Waals surface area contributed by atoms with Crippen LogP contribution in [0.4, 0.5) is 5.69 Å². The van der Waals surface area contributed by atoms with E-state index in [1.165, 1.54) is 12.8 Å². The monoisotopic (exact) mass is 324 g/mol. The van der Waals surface area contributed by atoms with Crippen molar-refractivity contribution in [1.82, 2.24) is 0 Å². The lowest BCUT2D eigenvalue weighted by Gasteiger charge is -2.15. The molecule has 0 radical (unpaired) electrons. The summed E-state index contributed by atoms with van der Waals surface area (Å²) in [7, 11) is 0. The van der Waals surface area contributed by atoms with E-state index in [0.29, 0.717) is 12.5 Å². The van der Waals surface area contributed by atoms with Crippen molar-refractivity contribution in [2.45, 2.75) is 44.2 Å². The first-order chi connectivity index (χ1) is 11.7. The van der Waals surface area contributed by atoms with E-state index in [4.69, 9.17) is 10.5 Å². The van der Waals surface area contributed by atoms with Gasteiger partial charge in [0.2, 0.25) is 5.91 Å². The number of hydrogen-bond donors (Lipinski definition) is 2. The SMILES string of the molecule is N[C@@H](Cc1ccccc1)C(=O)Nc1ccc(OC2CCCC2)cc1. The molecule has 1 fully saturated rings. The number of amides is 1. The third-order valence-corrected chi connectivity index (χ3v) is 4.36. The van der Waals surface area contributed by atoms with Gasteiger partial charge in [0.25, 0.3) is 0 Å². The summed E-state index contributed by atoms with van der Waals surface area (Å²) >= 11 is 0. The van der Waals surface area contributed by atoms with Crippen molar-refractivity contribution < 1.29 is 9.53 Å². The number of benzene rings is 2. The summed E-state index contributed by atoms with van der Waals surface area (Å²) in [4.78, 5) is 12.2. The number of nitrogens with two attached hydrogens (primary N) is 1. The summed E-state index contributed by atoms with van der Waals surface area (Å²) in [6.07, 6.45) is 5.62. The van der Waals surface area contributed by atoms with Gasteiger partial charge in [0.1, 0.15) is 5.75 Å². The molecule has 1 aliphatic carbocycles. The Morgan fingerprint density at radius 1 is 1.08 bits per heavy atom. The minimum Gasteiger partial charge on any atom is -0.490 e. The normalized spacial score (nSPS) is 15.9. The maximum atomic E-state index is 12.2. The van der Waals surface area contributed by atoms with Crippen LogP contribution in [0.2, 0.25) is 0 Å². The standard InChI is InChI=1S/C20H24N2O2/c21-19(14-15-6-2-1-3-7-15)20(23)22-16-10-12-18(13-11-16)24-17-8-4-5-9-17/h1-3,6-7,10-13,17,19H,4-5,8-9,14,21H2,(H,22,23)/t19-/m0/s1. The smallest absolute Gasteiger partial charge is 0.241 e. The first-order valence-corrected chi connectivity index (χ1v) is 8.58. The fourth-order valence-electron chi connectivity index (χ4n) is 3.01. The highest BCUT2D eigenvalue weighted by Gasteiger charge is 2.17. The van der Waals surface area contributed by atoms with Crippen LogP contribution in [-0.4, -0.2) is 18.1 Å². The van der Waals surface area contributed by atoms with Crippen LogP contribution in [0.25, 0.3) is 0 Å². The van der Waals surface area contributed by atoms with Gasteiger partial charge in [-0.15, -0.1) is 0 Å². The minimum absolute atomic E-state index is 0.177. The number of ether oxygens (including phenoxy) is 1. The molecule has 3 rings (SSSR count). The Balaban J connectivity index is 1.52. The van der Waals surface area contributed by atoms with Crippen molar-refractivity contribution in [2.24, 2.45) is 5.73 Å². The van der Waals surface area contributed by atoms with Gasteiger partial charge in [0.05, 0.1) is 12.1 Å². The predicted octanol–water partition coefficient (Wildman–Crippen LogP) is 3.52. The van der Waals surface area contributed by atoms with E-state index >= 15 is 0 Å². The lowest BCUT2D eigenvalue weighted by atomic mass is 10.1. The Morgan fingerprint density at radius 2 is 1.75 bits per heavy atom. The number of carbonyl (C=O) groups is 1. The van der Waals surface area contributed by atoms with Gasteiger partial charge in [0.15, 0.2) is 0 Å². The molecule has 0 aromatic heterocycles. The summed E-state index contributed by atoms with van der Waals surface area (Å²) in [5, 5.41) is 2.86. The van der Waals surface area contributed by atoms with Crippen LogP contribution in [0, 0.1) is 0 Å². The van der Waals surface area contributed by atoms with E-state index in [0.717, 1.165) is 29.8 Å². The summed E-state index contributed by atoms with van der Waals surface area (Å²) in [5.41, 5.74) is 7.79. The maximum absolute atomic E-state index is 12.2. The Morgan fingerprint density at radius 3 is 2.42 bits per heavy atom. The molecule has 0 heterocycles. The van der Waals surface area contributed by atoms with Crippen molar-refractivity contribution in [3.8, 4) is 5.75 Å². The minimum atomic E-state index is -0.568. The van der Waals surface area contributed by atoms with Gasteiger partial charge in [-0.3, -0.25) is 4.79 Å². The van der Waals surface area contributed by atoms with Crippen LogP contribution in [-0.2, 0) is 11.2 Å². The second kappa shape index (κ2) is 7.97. The van der Waals surface area contributed by atoms with Crippen molar-refractivity contribution in [3.05, 3.63) is 60.2 Å². The topological polar surface area (TPSA) is 64.4 Å². The van der Waals surface area contributed by atoms with Gasteiger partial charge in [-0.2, -0.15) is 0 Å². The molecule has 0 saturated heterocycles. The zero-order valence-corrected chi connectivity index (χ0v) is 13.8. The van der Waals surface area contributed by atoms with Crippen molar-refractivity contribution in [3.63, 3.8) is 0 Å². The van der Waals surface area contributed by atoms with Crippen molar-refractivity contribution in [1.29, 1.82) is 0 Å². The molecule has 0 aliphatic heterocycles. The molecule has 0 bridgehead atoms. The quantitative estimate of drug-likeness (QED) is 0.854. The van der Waals surface area contributed by atoms with Gasteiger partial charge in [-0.1, -0.05) is 30.3 Å². The molecular weight excluding hydrogens is 300 g/mol. The van der Waals surface area contributed by atoms with Gasteiger partial charge in [-0.25, -0.2) is 0 Å². The highest BCUT2D eigenvalue weighted by molar-refractivity contribution is 5.94. The molecule has 4 nitrogen and oxygen atoms in total. The molecule has 4 heteroatoms. The third kappa shape index (κ3) is 4.59. The molecule has 0 unspecified atom stereocenters. The Labute approximate surface area is 143 Å². The Bertz CT molecular complexity index is 649. The number of nitrogens with one attached hydrogen (secondary N) is 1. The van der Waals surface area contributed by atoms with E-state index in [1.54, 1.807) is 0 Å². The van der Waals surface area contributed by atoms with E-state index in [1.807, 2.05) is 54.6 Å². The average Bonchev–Trinajstić information content (AvgIpc) is 3.10. The van der Waals surface area contributed by atoms with Crippen LogP contribution < -0.4 is 15.8 Å². The molecular formula is C20H24N2O2. The fourth-order valence-corrected chi connectivity index (χ4v) is 3.01. The molecule has 1 atom stereocenters. The fraction of sp³-hybridized carbons (Fsp3) is 0.350. The maximum Gasteiger partial charge on any atom is 0.241 e. The molecule has 126 valence electrons. The van der Waals surface area contributed by atoms with Crippen LogP contribution in [0.3, 0.4) is 0 Å². The van der Waals surface area contributed by atoms with Crippen LogP contribution >= 0.6 is 0 Å². The van der Waals surface area contributed by atoms with E-state index < -0.39 is 6.04 Å². The van der Waals surface area contributed by atoms with E-state index in [-0.39, 0.29) is 5.91 Å². The zero-order chi connectivity index (χ0) is 16.8. The third-order valence-electron chi connectivity index (χ3n) is 4.36. The molecule has 0 spiro atoms. The second-order valence-electron chi connectivity index (χ2n) is 6.33. The average molecular weight is 324 g/mol. The second-order valence-corrected chi connectivity index (χ2v) is 6.33. The lowest BCUT2D eigenvalue weighted by molar-refractivity contribution is -0.117. The van der Waals surface area contributed by atoms with Crippen molar-refractivity contribution >= 4 is 11.6 Å². The van der Waals surface area contributed by atoms with Crippen molar-refractivity contribution in [2.75, 3.05) is 5.32 Å². The summed E-state index contributed by atoms with van der Waals surface area (Å²) < 4.78 is 5.92. The van der Waals surface area contributed by atoms with Gasteiger partial charge in [-0.05, 0) is 61.9 Å². The first-order valence-electron chi connectivity index (χ1n) is 8.58. The summed E-state index contributed by atoms with van der Waals surface area (Å²) in [6, 6.07) is 16.7. The molecule has 3 N–H and O–H groups in total. The highest BCUT2D eigenvalue weighted by atomic mass is 16.5. The molecule has 1 aliphatic rings.